The van der Waals surface area contributed by atoms with Crippen molar-refractivity contribution in [3.05, 3.63) is 29.8 Å². The van der Waals surface area contributed by atoms with E-state index in [1.165, 1.54) is 0 Å². The highest BCUT2D eigenvalue weighted by Crippen LogP contribution is 2.12. The first kappa shape index (κ1) is 19.2. The SMILES string of the molecule is CN=C(NCc1cccc(NC(=O)CC(C)C)c1)NCC1CCCO1. The van der Waals surface area contributed by atoms with Crippen molar-refractivity contribution in [2.24, 2.45) is 10.9 Å². The molecule has 1 fully saturated rings. The van der Waals surface area contributed by atoms with Crippen molar-refractivity contribution < 1.29 is 9.53 Å². The van der Waals surface area contributed by atoms with E-state index in [-0.39, 0.29) is 12.0 Å². The first-order chi connectivity index (χ1) is 12.1. The van der Waals surface area contributed by atoms with Crippen LogP contribution in [-0.2, 0) is 16.1 Å². The fraction of sp³-hybridized carbons (Fsp3) is 0.579. The maximum absolute atomic E-state index is 11.9. The summed E-state index contributed by atoms with van der Waals surface area (Å²) >= 11 is 0. The van der Waals surface area contributed by atoms with Crippen molar-refractivity contribution >= 4 is 17.6 Å². The van der Waals surface area contributed by atoms with Crippen LogP contribution in [-0.4, -0.2) is 38.2 Å². The minimum absolute atomic E-state index is 0.0501. The lowest BCUT2D eigenvalue weighted by Gasteiger charge is -2.15. The van der Waals surface area contributed by atoms with Crippen molar-refractivity contribution in [1.29, 1.82) is 0 Å². The molecule has 0 bridgehead atoms. The van der Waals surface area contributed by atoms with Crippen LogP contribution in [0.1, 0.15) is 38.7 Å². The minimum atomic E-state index is 0.0501. The monoisotopic (exact) mass is 346 g/mol. The van der Waals surface area contributed by atoms with Gasteiger partial charge in [-0.25, -0.2) is 0 Å². The summed E-state index contributed by atoms with van der Waals surface area (Å²) in [5.41, 5.74) is 1.91. The Labute approximate surface area is 150 Å². The Morgan fingerprint density at radius 2 is 2.20 bits per heavy atom. The molecular weight excluding hydrogens is 316 g/mol. The molecule has 1 aromatic carbocycles. The number of ether oxygens (including phenoxy) is 1. The van der Waals surface area contributed by atoms with Crippen molar-refractivity contribution in [1.82, 2.24) is 10.6 Å². The molecule has 1 unspecified atom stereocenters. The van der Waals surface area contributed by atoms with Gasteiger partial charge in [-0.2, -0.15) is 0 Å². The largest absolute Gasteiger partial charge is 0.376 e. The highest BCUT2D eigenvalue weighted by molar-refractivity contribution is 5.90. The summed E-state index contributed by atoms with van der Waals surface area (Å²) in [4.78, 5) is 16.1. The number of hydrogen-bond acceptors (Lipinski definition) is 3. The van der Waals surface area contributed by atoms with Crippen molar-refractivity contribution in [2.45, 2.75) is 45.8 Å². The van der Waals surface area contributed by atoms with Gasteiger partial charge >= 0.3 is 0 Å². The van der Waals surface area contributed by atoms with Gasteiger partial charge in [0.05, 0.1) is 6.10 Å². The van der Waals surface area contributed by atoms with Crippen LogP contribution >= 0.6 is 0 Å². The zero-order chi connectivity index (χ0) is 18.1. The van der Waals surface area contributed by atoms with E-state index < -0.39 is 0 Å². The maximum Gasteiger partial charge on any atom is 0.224 e. The zero-order valence-corrected chi connectivity index (χ0v) is 15.5. The molecule has 1 saturated heterocycles. The summed E-state index contributed by atoms with van der Waals surface area (Å²) in [6.07, 6.45) is 3.04. The summed E-state index contributed by atoms with van der Waals surface area (Å²) in [5.74, 6) is 1.15. The number of anilines is 1. The van der Waals surface area contributed by atoms with Crippen LogP contribution in [0.5, 0.6) is 0 Å². The van der Waals surface area contributed by atoms with Gasteiger partial charge in [-0.15, -0.1) is 0 Å². The van der Waals surface area contributed by atoms with E-state index in [1.54, 1.807) is 7.05 Å². The Morgan fingerprint density at radius 1 is 1.36 bits per heavy atom. The fourth-order valence-electron chi connectivity index (χ4n) is 2.76. The van der Waals surface area contributed by atoms with Crippen LogP contribution in [0, 0.1) is 5.92 Å². The van der Waals surface area contributed by atoms with Gasteiger partial charge in [0.15, 0.2) is 5.96 Å². The molecule has 6 nitrogen and oxygen atoms in total. The Kier molecular flexibility index (Phi) is 7.73. The van der Waals surface area contributed by atoms with E-state index in [0.29, 0.717) is 18.9 Å². The lowest BCUT2D eigenvalue weighted by molar-refractivity contribution is -0.116. The second-order valence-electron chi connectivity index (χ2n) is 6.79. The van der Waals surface area contributed by atoms with Crippen LogP contribution < -0.4 is 16.0 Å². The van der Waals surface area contributed by atoms with Gasteiger partial charge in [-0.1, -0.05) is 26.0 Å². The number of carbonyl (C=O) groups is 1. The van der Waals surface area contributed by atoms with Gasteiger partial charge in [0, 0.05) is 38.9 Å². The molecule has 1 atom stereocenters. The number of rotatable bonds is 7. The molecule has 0 radical (unpaired) electrons. The molecular formula is C19H30N4O2. The summed E-state index contributed by atoms with van der Waals surface area (Å²) < 4.78 is 5.61. The third-order valence-electron chi connectivity index (χ3n) is 4.01. The number of nitrogens with zero attached hydrogens (tertiary/aromatic N) is 1. The molecule has 3 N–H and O–H groups in total. The molecule has 1 heterocycles. The molecule has 0 saturated carbocycles. The summed E-state index contributed by atoms with van der Waals surface area (Å²) in [6.45, 7) is 6.34. The maximum atomic E-state index is 11.9. The third-order valence-corrected chi connectivity index (χ3v) is 4.01. The molecule has 1 aliphatic heterocycles. The average molecular weight is 346 g/mol. The lowest BCUT2D eigenvalue weighted by atomic mass is 10.1. The van der Waals surface area contributed by atoms with E-state index >= 15 is 0 Å². The number of carbonyl (C=O) groups excluding carboxylic acids is 1. The Hall–Kier alpha value is -2.08. The fourth-order valence-corrected chi connectivity index (χ4v) is 2.76. The van der Waals surface area contributed by atoms with Crippen LogP contribution in [0.4, 0.5) is 5.69 Å². The molecule has 138 valence electrons. The predicted octanol–water partition coefficient (Wildman–Crippen LogP) is 2.52. The van der Waals surface area contributed by atoms with Crippen LogP contribution in [0.15, 0.2) is 29.3 Å². The number of guanidine groups is 1. The molecule has 0 aliphatic carbocycles. The van der Waals surface area contributed by atoms with Gasteiger partial charge in [0.1, 0.15) is 0 Å². The van der Waals surface area contributed by atoms with Crippen molar-refractivity contribution in [2.75, 3.05) is 25.5 Å². The molecule has 6 heteroatoms. The minimum Gasteiger partial charge on any atom is -0.376 e. The number of amides is 1. The van der Waals surface area contributed by atoms with Crippen LogP contribution in [0.2, 0.25) is 0 Å². The first-order valence-corrected chi connectivity index (χ1v) is 9.01. The molecule has 0 spiro atoms. The Morgan fingerprint density at radius 3 is 2.88 bits per heavy atom. The highest BCUT2D eigenvalue weighted by atomic mass is 16.5. The molecule has 0 aromatic heterocycles. The topological polar surface area (TPSA) is 74.8 Å². The van der Waals surface area contributed by atoms with E-state index in [9.17, 15) is 4.79 Å². The van der Waals surface area contributed by atoms with Crippen molar-refractivity contribution in [3.8, 4) is 0 Å². The van der Waals surface area contributed by atoms with Crippen molar-refractivity contribution in [3.63, 3.8) is 0 Å². The number of hydrogen-bond donors (Lipinski definition) is 3. The third kappa shape index (κ3) is 7.13. The summed E-state index contributed by atoms with van der Waals surface area (Å²) in [7, 11) is 1.76. The van der Waals surface area contributed by atoms with E-state index in [4.69, 9.17) is 4.74 Å². The molecule has 1 amide bonds. The van der Waals surface area contributed by atoms with Gasteiger partial charge in [-0.3, -0.25) is 9.79 Å². The number of aliphatic imine (C=N–C) groups is 1. The number of benzene rings is 1. The van der Waals surface area contributed by atoms with E-state index in [0.717, 1.165) is 43.2 Å². The van der Waals surface area contributed by atoms with Crippen LogP contribution in [0.25, 0.3) is 0 Å². The normalized spacial score (nSPS) is 17.6. The van der Waals surface area contributed by atoms with Gasteiger partial charge in [-0.05, 0) is 36.5 Å². The highest BCUT2D eigenvalue weighted by Gasteiger charge is 2.15. The van der Waals surface area contributed by atoms with Crippen LogP contribution in [0.3, 0.4) is 0 Å². The standard InChI is InChI=1S/C19H30N4O2/c1-14(2)10-18(24)23-16-7-4-6-15(11-16)12-21-19(20-3)22-13-17-8-5-9-25-17/h4,6-7,11,14,17H,5,8-10,12-13H2,1-3H3,(H,23,24)(H2,20,21,22). The predicted molar refractivity (Wildman–Crippen MR) is 102 cm³/mol. The molecule has 1 aliphatic rings. The Balaban J connectivity index is 1.80. The second kappa shape index (κ2) is 10.0. The summed E-state index contributed by atoms with van der Waals surface area (Å²) in [5, 5.41) is 9.54. The first-order valence-electron chi connectivity index (χ1n) is 9.01. The smallest absolute Gasteiger partial charge is 0.224 e. The lowest BCUT2D eigenvalue weighted by Crippen LogP contribution is -2.40. The number of nitrogens with one attached hydrogen (secondary N) is 3. The molecule has 25 heavy (non-hydrogen) atoms. The van der Waals surface area contributed by atoms with Gasteiger partial charge < -0.3 is 20.7 Å². The zero-order valence-electron chi connectivity index (χ0n) is 15.5. The van der Waals surface area contributed by atoms with E-state index in [2.05, 4.69) is 20.9 Å². The van der Waals surface area contributed by atoms with E-state index in [1.807, 2.05) is 38.1 Å². The van der Waals surface area contributed by atoms with Gasteiger partial charge in [0.25, 0.3) is 0 Å². The second-order valence-corrected chi connectivity index (χ2v) is 6.79. The quantitative estimate of drug-likeness (QED) is 0.524. The molecule has 2 rings (SSSR count). The average Bonchev–Trinajstić information content (AvgIpc) is 3.08. The Bertz CT molecular complexity index is 581. The molecule has 1 aromatic rings. The van der Waals surface area contributed by atoms with Gasteiger partial charge in [0.2, 0.25) is 5.91 Å². The summed E-state index contributed by atoms with van der Waals surface area (Å²) in [6, 6.07) is 7.87.